The maximum Gasteiger partial charge on any atom is 0.0441 e. The molecule has 1 aromatic carbocycles. The van der Waals surface area contributed by atoms with Crippen molar-refractivity contribution < 1.29 is 0 Å². The van der Waals surface area contributed by atoms with Gasteiger partial charge in [0.05, 0.1) is 0 Å². The van der Waals surface area contributed by atoms with Gasteiger partial charge in [-0.3, -0.25) is 16.2 Å². The van der Waals surface area contributed by atoms with E-state index in [1.54, 1.807) is 0 Å². The summed E-state index contributed by atoms with van der Waals surface area (Å²) in [4.78, 5) is 2.58. The highest BCUT2D eigenvalue weighted by molar-refractivity contribution is 6.31. The van der Waals surface area contributed by atoms with Crippen LogP contribution in [-0.2, 0) is 6.42 Å². The lowest BCUT2D eigenvalue weighted by Crippen LogP contribution is -2.61. The van der Waals surface area contributed by atoms with Crippen LogP contribution in [0.15, 0.2) is 18.2 Å². The van der Waals surface area contributed by atoms with Crippen LogP contribution in [0.2, 0.25) is 5.02 Å². The van der Waals surface area contributed by atoms with Gasteiger partial charge >= 0.3 is 0 Å². The van der Waals surface area contributed by atoms with Crippen molar-refractivity contribution in [3.8, 4) is 0 Å². The van der Waals surface area contributed by atoms with Crippen molar-refractivity contribution in [2.45, 2.75) is 58.0 Å². The van der Waals surface area contributed by atoms with E-state index in [1.165, 1.54) is 37.1 Å². The minimum atomic E-state index is 0.0689. The normalized spacial score (nSPS) is 20.4. The molecule has 21 heavy (non-hydrogen) atoms. The fourth-order valence-electron chi connectivity index (χ4n) is 3.41. The smallest absolute Gasteiger partial charge is 0.0441 e. The lowest BCUT2D eigenvalue weighted by molar-refractivity contribution is 0.0841. The van der Waals surface area contributed by atoms with Crippen molar-refractivity contribution >= 4 is 11.6 Å². The maximum absolute atomic E-state index is 6.40. The molecule has 3 nitrogen and oxygen atoms in total. The second kappa shape index (κ2) is 7.10. The molecule has 1 heterocycles. The Morgan fingerprint density at radius 2 is 2.05 bits per heavy atom. The molecule has 1 saturated heterocycles. The van der Waals surface area contributed by atoms with E-state index in [4.69, 9.17) is 17.4 Å². The molecule has 1 aliphatic rings. The number of benzene rings is 1. The Balaban J connectivity index is 2.20. The largest absolute Gasteiger partial charge is 0.296 e. The van der Waals surface area contributed by atoms with E-state index in [2.05, 4.69) is 43.2 Å². The summed E-state index contributed by atoms with van der Waals surface area (Å²) in [6.45, 7) is 8.98. The Hall–Kier alpha value is -0.610. The average molecular weight is 310 g/mol. The summed E-state index contributed by atoms with van der Waals surface area (Å²) < 4.78 is 0. The molecule has 2 unspecified atom stereocenters. The topological polar surface area (TPSA) is 41.3 Å². The fraction of sp³-hybridized carbons (Fsp3) is 0.647. The first kappa shape index (κ1) is 16.8. The van der Waals surface area contributed by atoms with E-state index in [0.717, 1.165) is 17.9 Å². The number of halogens is 1. The molecule has 118 valence electrons. The van der Waals surface area contributed by atoms with Gasteiger partial charge in [0, 0.05) is 16.6 Å². The average Bonchev–Trinajstić information content (AvgIpc) is 3.00. The lowest BCUT2D eigenvalue weighted by Gasteiger charge is -2.44. The van der Waals surface area contributed by atoms with Crippen molar-refractivity contribution in [2.24, 2.45) is 5.84 Å². The summed E-state index contributed by atoms with van der Waals surface area (Å²) in [7, 11) is 0. The van der Waals surface area contributed by atoms with E-state index in [0.29, 0.717) is 0 Å². The molecule has 0 radical (unpaired) electrons. The summed E-state index contributed by atoms with van der Waals surface area (Å²) in [5.41, 5.74) is 5.49. The number of rotatable bonds is 6. The highest BCUT2D eigenvalue weighted by Crippen LogP contribution is 2.30. The van der Waals surface area contributed by atoms with Crippen LogP contribution in [-0.4, -0.2) is 29.6 Å². The number of aryl methyl sites for hydroxylation is 1. The lowest BCUT2D eigenvalue weighted by atomic mass is 9.84. The van der Waals surface area contributed by atoms with E-state index in [9.17, 15) is 0 Å². The first-order valence-electron chi connectivity index (χ1n) is 7.97. The molecule has 1 aromatic rings. The van der Waals surface area contributed by atoms with Gasteiger partial charge in [0.1, 0.15) is 0 Å². The fourth-order valence-corrected chi connectivity index (χ4v) is 3.73. The first-order valence-corrected chi connectivity index (χ1v) is 8.35. The Morgan fingerprint density at radius 3 is 2.57 bits per heavy atom. The van der Waals surface area contributed by atoms with E-state index in [1.807, 2.05) is 6.07 Å². The molecule has 2 atom stereocenters. The molecular formula is C17H28ClN3. The van der Waals surface area contributed by atoms with Gasteiger partial charge in [-0.25, -0.2) is 0 Å². The van der Waals surface area contributed by atoms with Gasteiger partial charge < -0.3 is 0 Å². The van der Waals surface area contributed by atoms with Gasteiger partial charge in [-0.1, -0.05) is 30.7 Å². The molecule has 0 bridgehead atoms. The highest BCUT2D eigenvalue weighted by Gasteiger charge is 2.39. The molecule has 1 aliphatic heterocycles. The number of hydrogen-bond acceptors (Lipinski definition) is 3. The Labute approximate surface area is 133 Å². The van der Waals surface area contributed by atoms with Crippen molar-refractivity contribution in [3.63, 3.8) is 0 Å². The standard InChI is InChI=1S/C17H28ClN3/c1-4-17(3,21-9-5-6-10-21)16(20-19)12-14-8-7-13(2)11-15(14)18/h7-8,11,16,20H,4-6,9-10,12,19H2,1-3H3. The molecule has 0 amide bonds. The number of nitrogens with zero attached hydrogens (tertiary/aromatic N) is 1. The van der Waals surface area contributed by atoms with Gasteiger partial charge in [-0.2, -0.15) is 0 Å². The SMILES string of the molecule is CCC(C)(C(Cc1ccc(C)cc1Cl)NN)N1CCCC1. The van der Waals surface area contributed by atoms with Crippen LogP contribution in [0.1, 0.15) is 44.2 Å². The second-order valence-electron chi connectivity index (χ2n) is 6.42. The minimum Gasteiger partial charge on any atom is -0.296 e. The third-order valence-corrected chi connectivity index (χ3v) is 5.48. The zero-order valence-electron chi connectivity index (χ0n) is 13.5. The zero-order chi connectivity index (χ0) is 15.5. The van der Waals surface area contributed by atoms with Gasteiger partial charge in [-0.05, 0) is 69.8 Å². The van der Waals surface area contributed by atoms with Crippen LogP contribution in [0.4, 0.5) is 0 Å². The summed E-state index contributed by atoms with van der Waals surface area (Å²) in [5.74, 6) is 5.91. The molecule has 4 heteroatoms. The van der Waals surface area contributed by atoms with Crippen LogP contribution >= 0.6 is 11.6 Å². The summed E-state index contributed by atoms with van der Waals surface area (Å²) >= 11 is 6.40. The summed E-state index contributed by atoms with van der Waals surface area (Å²) in [6, 6.07) is 6.47. The van der Waals surface area contributed by atoms with E-state index >= 15 is 0 Å². The third-order valence-electron chi connectivity index (χ3n) is 5.13. The van der Waals surface area contributed by atoms with Crippen molar-refractivity contribution in [1.29, 1.82) is 0 Å². The number of nitrogens with two attached hydrogens (primary N) is 1. The molecule has 0 aliphatic carbocycles. The Bertz CT molecular complexity index is 471. The number of hydrogen-bond donors (Lipinski definition) is 2. The quantitative estimate of drug-likeness (QED) is 0.626. The van der Waals surface area contributed by atoms with Gasteiger partial charge in [0.15, 0.2) is 0 Å². The van der Waals surface area contributed by atoms with Crippen molar-refractivity contribution in [2.75, 3.05) is 13.1 Å². The highest BCUT2D eigenvalue weighted by atomic mass is 35.5. The van der Waals surface area contributed by atoms with Crippen LogP contribution in [0.25, 0.3) is 0 Å². The maximum atomic E-state index is 6.40. The van der Waals surface area contributed by atoms with Crippen LogP contribution < -0.4 is 11.3 Å². The molecule has 0 saturated carbocycles. The van der Waals surface area contributed by atoms with Crippen LogP contribution in [0, 0.1) is 6.92 Å². The zero-order valence-corrected chi connectivity index (χ0v) is 14.2. The molecule has 3 N–H and O–H groups in total. The predicted octanol–water partition coefficient (Wildman–Crippen LogP) is 3.29. The predicted molar refractivity (Wildman–Crippen MR) is 90.5 cm³/mol. The van der Waals surface area contributed by atoms with Crippen molar-refractivity contribution in [1.82, 2.24) is 10.3 Å². The van der Waals surface area contributed by atoms with Gasteiger partial charge in [-0.15, -0.1) is 0 Å². The monoisotopic (exact) mass is 309 g/mol. The Morgan fingerprint density at radius 1 is 1.38 bits per heavy atom. The van der Waals surface area contributed by atoms with Crippen LogP contribution in [0.3, 0.4) is 0 Å². The number of likely N-dealkylation sites (tertiary alicyclic amines) is 1. The molecular weight excluding hydrogens is 282 g/mol. The minimum absolute atomic E-state index is 0.0689. The molecule has 0 aromatic heterocycles. The number of hydrazine groups is 1. The second-order valence-corrected chi connectivity index (χ2v) is 6.83. The van der Waals surface area contributed by atoms with E-state index < -0.39 is 0 Å². The summed E-state index contributed by atoms with van der Waals surface area (Å²) in [5, 5.41) is 0.843. The van der Waals surface area contributed by atoms with E-state index in [-0.39, 0.29) is 11.6 Å². The summed E-state index contributed by atoms with van der Waals surface area (Å²) in [6.07, 6.45) is 4.51. The third kappa shape index (κ3) is 3.59. The van der Waals surface area contributed by atoms with Crippen molar-refractivity contribution in [3.05, 3.63) is 34.3 Å². The van der Waals surface area contributed by atoms with Gasteiger partial charge in [0.2, 0.25) is 0 Å². The van der Waals surface area contributed by atoms with Gasteiger partial charge in [0.25, 0.3) is 0 Å². The molecule has 0 spiro atoms. The first-order chi connectivity index (χ1) is 10.0. The number of nitrogens with one attached hydrogen (secondary N) is 1. The van der Waals surface area contributed by atoms with Crippen LogP contribution in [0.5, 0.6) is 0 Å². The Kier molecular flexibility index (Phi) is 5.67. The molecule has 2 rings (SSSR count). The molecule has 1 fully saturated rings.